The Morgan fingerprint density at radius 1 is 0.821 bits per heavy atom. The van der Waals surface area contributed by atoms with E-state index < -0.39 is 0 Å². The monoisotopic (exact) mass is 368 g/mol. The first-order valence-electron chi connectivity index (χ1n) is 9.29. The number of furan rings is 1. The van der Waals surface area contributed by atoms with E-state index in [0.717, 1.165) is 44.3 Å². The van der Waals surface area contributed by atoms with E-state index in [-0.39, 0.29) is 5.82 Å². The van der Waals surface area contributed by atoms with Crippen LogP contribution in [0.25, 0.3) is 44.3 Å². The summed E-state index contributed by atoms with van der Waals surface area (Å²) in [6, 6.07) is 23.1. The number of hydrogen-bond donors (Lipinski definition) is 0. The van der Waals surface area contributed by atoms with Crippen LogP contribution in [0.3, 0.4) is 0 Å². The summed E-state index contributed by atoms with van der Waals surface area (Å²) in [5.41, 5.74) is 6.44. The van der Waals surface area contributed by atoms with Gasteiger partial charge >= 0.3 is 0 Å². The van der Waals surface area contributed by atoms with Gasteiger partial charge < -0.3 is 4.42 Å². The number of pyridine rings is 1. The highest BCUT2D eigenvalue weighted by Crippen LogP contribution is 2.40. The number of fused-ring (bicyclic) bond motifs is 3. The second-order valence-corrected chi connectivity index (χ2v) is 7.13. The number of hydrogen-bond acceptors (Lipinski definition) is 1. The number of aromatic nitrogens is 1. The fourth-order valence-electron chi connectivity index (χ4n) is 3.94. The molecule has 5 rings (SSSR count). The predicted octanol–water partition coefficient (Wildman–Crippen LogP) is 6.19. The van der Waals surface area contributed by atoms with Gasteiger partial charge in [-0.1, -0.05) is 42.5 Å². The molecular weight excluding hydrogens is 349 g/mol. The number of nitrogens with zero attached hydrogens (tertiary/aromatic N) is 1. The van der Waals surface area contributed by atoms with Gasteiger partial charge in [-0.15, -0.1) is 0 Å². The molecule has 0 spiro atoms. The maximum Gasteiger partial charge on any atom is 0.216 e. The minimum atomic E-state index is -0.263. The van der Waals surface area contributed by atoms with Crippen LogP contribution < -0.4 is 4.57 Å². The van der Waals surface area contributed by atoms with Crippen molar-refractivity contribution in [3.8, 4) is 22.4 Å². The molecule has 2 heterocycles. The lowest BCUT2D eigenvalue weighted by atomic mass is 9.99. The lowest BCUT2D eigenvalue weighted by Crippen LogP contribution is -2.30. The van der Waals surface area contributed by atoms with Crippen molar-refractivity contribution >= 4 is 21.9 Å². The average molecular weight is 368 g/mol. The molecule has 3 aromatic carbocycles. The molecule has 0 saturated heterocycles. The Kier molecular flexibility index (Phi) is 3.76. The summed E-state index contributed by atoms with van der Waals surface area (Å²) in [6.07, 6.45) is 2.02. The van der Waals surface area contributed by atoms with Crippen molar-refractivity contribution in [2.75, 3.05) is 0 Å². The van der Waals surface area contributed by atoms with Gasteiger partial charge in [0.05, 0.1) is 5.56 Å². The van der Waals surface area contributed by atoms with Crippen LogP contribution in [0.4, 0.5) is 4.39 Å². The lowest BCUT2D eigenvalue weighted by molar-refractivity contribution is -0.660. The number of rotatable bonds is 2. The Morgan fingerprint density at radius 3 is 2.39 bits per heavy atom. The summed E-state index contributed by atoms with van der Waals surface area (Å²) in [5, 5.41) is 1.73. The van der Waals surface area contributed by atoms with Gasteiger partial charge in [0, 0.05) is 28.5 Å². The third-order valence-corrected chi connectivity index (χ3v) is 5.31. The van der Waals surface area contributed by atoms with Crippen molar-refractivity contribution in [3.63, 3.8) is 0 Å². The van der Waals surface area contributed by atoms with Gasteiger partial charge in [-0.2, -0.15) is 0 Å². The molecule has 0 atom stereocenters. The SMILES string of the molecule is Cc1ccc2c(oc3c(-c4ccccc4)cc(F)cc32)c1-c1cccc[n+]1C. The van der Waals surface area contributed by atoms with E-state index in [4.69, 9.17) is 4.42 Å². The molecule has 2 nitrogen and oxygen atoms in total. The highest BCUT2D eigenvalue weighted by atomic mass is 19.1. The Labute approximate surface area is 162 Å². The molecule has 5 aromatic rings. The summed E-state index contributed by atoms with van der Waals surface area (Å²) in [4.78, 5) is 0. The fourth-order valence-corrected chi connectivity index (χ4v) is 3.94. The molecule has 0 unspecified atom stereocenters. The van der Waals surface area contributed by atoms with Crippen molar-refractivity contribution < 1.29 is 13.4 Å². The second kappa shape index (κ2) is 6.31. The fraction of sp³-hybridized carbons (Fsp3) is 0.0800. The smallest absolute Gasteiger partial charge is 0.216 e. The van der Waals surface area contributed by atoms with E-state index in [2.05, 4.69) is 23.6 Å². The van der Waals surface area contributed by atoms with Crippen LogP contribution in [0.1, 0.15) is 5.56 Å². The van der Waals surface area contributed by atoms with Crippen LogP contribution >= 0.6 is 0 Å². The third kappa shape index (κ3) is 2.51. The Balaban J connectivity index is 1.92. The predicted molar refractivity (Wildman–Crippen MR) is 110 cm³/mol. The Hall–Kier alpha value is -3.46. The topological polar surface area (TPSA) is 17.0 Å². The van der Waals surface area contributed by atoms with Gasteiger partial charge in [-0.05, 0) is 36.2 Å². The molecule has 0 aliphatic heterocycles. The average Bonchev–Trinajstić information content (AvgIpc) is 3.07. The summed E-state index contributed by atoms with van der Waals surface area (Å²) < 4.78 is 23.0. The van der Waals surface area contributed by atoms with Crippen molar-refractivity contribution in [2.45, 2.75) is 6.92 Å². The summed E-state index contributed by atoms with van der Waals surface area (Å²) >= 11 is 0. The summed E-state index contributed by atoms with van der Waals surface area (Å²) in [5.74, 6) is -0.263. The van der Waals surface area contributed by atoms with Gasteiger partial charge in [-0.25, -0.2) is 8.96 Å². The zero-order chi connectivity index (χ0) is 19.3. The maximum absolute atomic E-state index is 14.5. The zero-order valence-electron chi connectivity index (χ0n) is 15.7. The number of benzene rings is 3. The largest absolute Gasteiger partial charge is 0.454 e. The van der Waals surface area contributed by atoms with Crippen molar-refractivity contribution in [2.24, 2.45) is 7.05 Å². The molecule has 28 heavy (non-hydrogen) atoms. The van der Waals surface area contributed by atoms with E-state index in [1.807, 2.05) is 61.8 Å². The molecule has 0 aliphatic rings. The number of aryl methyl sites for hydroxylation is 2. The van der Waals surface area contributed by atoms with Crippen LogP contribution in [-0.2, 0) is 7.05 Å². The minimum absolute atomic E-state index is 0.263. The zero-order valence-corrected chi connectivity index (χ0v) is 15.7. The Bertz CT molecular complexity index is 1340. The molecule has 0 fully saturated rings. The second-order valence-electron chi connectivity index (χ2n) is 7.13. The van der Waals surface area contributed by atoms with E-state index in [9.17, 15) is 4.39 Å². The van der Waals surface area contributed by atoms with E-state index >= 15 is 0 Å². The molecule has 0 saturated carbocycles. The van der Waals surface area contributed by atoms with Crippen LogP contribution in [0, 0.1) is 12.7 Å². The van der Waals surface area contributed by atoms with Crippen molar-refractivity contribution in [3.05, 3.63) is 90.4 Å². The molecule has 136 valence electrons. The Morgan fingerprint density at radius 2 is 1.61 bits per heavy atom. The van der Waals surface area contributed by atoms with Gasteiger partial charge in [-0.3, -0.25) is 0 Å². The minimum Gasteiger partial charge on any atom is -0.454 e. The highest BCUT2D eigenvalue weighted by molar-refractivity contribution is 6.13. The lowest BCUT2D eigenvalue weighted by Gasteiger charge is -2.05. The van der Waals surface area contributed by atoms with Gasteiger partial charge in [0.25, 0.3) is 0 Å². The van der Waals surface area contributed by atoms with Gasteiger partial charge in [0.1, 0.15) is 24.0 Å². The van der Waals surface area contributed by atoms with Crippen molar-refractivity contribution in [1.82, 2.24) is 0 Å². The number of halogens is 1. The van der Waals surface area contributed by atoms with Crippen LogP contribution in [-0.4, -0.2) is 0 Å². The van der Waals surface area contributed by atoms with Crippen LogP contribution in [0.5, 0.6) is 0 Å². The van der Waals surface area contributed by atoms with E-state index in [0.29, 0.717) is 5.58 Å². The first-order chi connectivity index (χ1) is 13.6. The summed E-state index contributed by atoms with van der Waals surface area (Å²) in [6.45, 7) is 2.08. The molecule has 0 aliphatic carbocycles. The molecule has 0 radical (unpaired) electrons. The highest BCUT2D eigenvalue weighted by Gasteiger charge is 2.22. The van der Waals surface area contributed by atoms with Gasteiger partial charge in [0.2, 0.25) is 5.69 Å². The van der Waals surface area contributed by atoms with Crippen LogP contribution in [0.2, 0.25) is 0 Å². The molecule has 0 amide bonds. The normalized spacial score (nSPS) is 11.4. The van der Waals surface area contributed by atoms with E-state index in [1.54, 1.807) is 12.1 Å². The molecular formula is C25H19FNO+. The first-order valence-corrected chi connectivity index (χ1v) is 9.29. The molecule has 2 aromatic heterocycles. The first kappa shape index (κ1) is 16.7. The quantitative estimate of drug-likeness (QED) is 0.339. The molecule has 0 N–H and O–H groups in total. The summed E-state index contributed by atoms with van der Waals surface area (Å²) in [7, 11) is 2.02. The third-order valence-electron chi connectivity index (χ3n) is 5.31. The van der Waals surface area contributed by atoms with Crippen LogP contribution in [0.15, 0.2) is 83.4 Å². The standard InChI is InChI=1S/C25H19FNO/c1-16-11-12-19-21-15-18(26)14-20(17-8-4-3-5-9-17)24(21)28-25(19)23(16)22-10-6-7-13-27(22)2/h3-15H,1-2H3/q+1. The van der Waals surface area contributed by atoms with Crippen molar-refractivity contribution in [1.29, 1.82) is 0 Å². The molecule has 0 bridgehead atoms. The van der Waals surface area contributed by atoms with E-state index in [1.165, 1.54) is 0 Å². The van der Waals surface area contributed by atoms with Gasteiger partial charge in [0.15, 0.2) is 6.20 Å². The maximum atomic E-state index is 14.5. The molecule has 3 heteroatoms.